The Morgan fingerprint density at radius 3 is 2.73 bits per heavy atom. The number of nitrogens with zero attached hydrogens (tertiary/aromatic N) is 1. The molecule has 0 aliphatic carbocycles. The molecule has 7 heteroatoms. The molecule has 0 fully saturated rings. The molecule has 3 heterocycles. The molecule has 1 amide bonds. The number of ether oxygens (including phenoxy) is 1. The molecule has 1 aromatic carbocycles. The minimum Gasteiger partial charge on any atom is -0.467 e. The summed E-state index contributed by atoms with van der Waals surface area (Å²) in [5.41, 5.74) is 3.96. The number of esters is 1. The van der Waals surface area contributed by atoms with Gasteiger partial charge in [-0.15, -0.1) is 0 Å². The van der Waals surface area contributed by atoms with E-state index in [9.17, 15) is 14.4 Å². The summed E-state index contributed by atoms with van der Waals surface area (Å²) in [7, 11) is 0. The number of rotatable bonds is 6. The van der Waals surface area contributed by atoms with Crippen molar-refractivity contribution in [1.82, 2.24) is 4.57 Å². The Bertz CT molecular complexity index is 1140. The third-order valence-electron chi connectivity index (χ3n) is 5.51. The van der Waals surface area contributed by atoms with E-state index in [0.29, 0.717) is 23.4 Å². The number of hydrogen-bond donors (Lipinski definition) is 1. The Kier molecular flexibility index (Phi) is 5.03. The SMILES string of the molecule is Cc1cc(C(=O)OCC(=O)c2ccc3c(c2)[C@H](C)C(=O)N3)c(C)n1Cc1ccco1. The first kappa shape index (κ1) is 19.7. The van der Waals surface area contributed by atoms with Crippen LogP contribution in [0.2, 0.25) is 0 Å². The van der Waals surface area contributed by atoms with Gasteiger partial charge in [-0.05, 0) is 62.7 Å². The van der Waals surface area contributed by atoms with Crippen molar-refractivity contribution in [3.8, 4) is 0 Å². The van der Waals surface area contributed by atoms with Gasteiger partial charge < -0.3 is 19.0 Å². The molecule has 30 heavy (non-hydrogen) atoms. The van der Waals surface area contributed by atoms with Crippen LogP contribution in [0.5, 0.6) is 0 Å². The normalized spacial score (nSPS) is 15.0. The van der Waals surface area contributed by atoms with Gasteiger partial charge in [0.25, 0.3) is 0 Å². The zero-order valence-electron chi connectivity index (χ0n) is 17.0. The maximum atomic E-state index is 12.6. The van der Waals surface area contributed by atoms with E-state index in [4.69, 9.17) is 9.15 Å². The number of carbonyl (C=O) groups excluding carboxylic acids is 3. The van der Waals surface area contributed by atoms with Crippen LogP contribution >= 0.6 is 0 Å². The van der Waals surface area contributed by atoms with Gasteiger partial charge in [-0.2, -0.15) is 0 Å². The first-order valence-corrected chi connectivity index (χ1v) is 9.69. The minimum absolute atomic E-state index is 0.0917. The predicted octanol–water partition coefficient (Wildman–Crippen LogP) is 3.84. The van der Waals surface area contributed by atoms with Gasteiger partial charge in [-0.25, -0.2) is 4.79 Å². The number of furan rings is 1. The largest absolute Gasteiger partial charge is 0.467 e. The van der Waals surface area contributed by atoms with E-state index in [-0.39, 0.29) is 24.2 Å². The molecule has 2 aromatic heterocycles. The highest BCUT2D eigenvalue weighted by molar-refractivity contribution is 6.05. The Morgan fingerprint density at radius 1 is 1.20 bits per heavy atom. The fourth-order valence-corrected chi connectivity index (χ4v) is 3.69. The lowest BCUT2D eigenvalue weighted by Gasteiger charge is -2.09. The Labute approximate surface area is 173 Å². The lowest BCUT2D eigenvalue weighted by atomic mass is 9.99. The zero-order valence-corrected chi connectivity index (χ0v) is 17.0. The molecular formula is C23H22N2O5. The standard InChI is InChI=1S/C23H22N2O5/c1-13-9-19(15(3)25(13)11-17-5-4-8-29-17)23(28)30-12-21(26)16-6-7-20-18(10-16)14(2)22(27)24-20/h4-10,14H,11-12H2,1-3H3,(H,24,27)/t14-/m0/s1. The number of Topliss-reactive ketones (excluding diaryl/α,β-unsaturated/α-hetero) is 1. The van der Waals surface area contributed by atoms with Gasteiger partial charge in [-0.3, -0.25) is 9.59 Å². The summed E-state index contributed by atoms with van der Waals surface area (Å²) in [5, 5.41) is 2.77. The highest BCUT2D eigenvalue weighted by Crippen LogP contribution is 2.32. The first-order valence-electron chi connectivity index (χ1n) is 9.69. The van der Waals surface area contributed by atoms with Crippen molar-refractivity contribution in [2.75, 3.05) is 11.9 Å². The van der Waals surface area contributed by atoms with Gasteiger partial charge >= 0.3 is 5.97 Å². The van der Waals surface area contributed by atoms with Crippen LogP contribution in [0.25, 0.3) is 0 Å². The third-order valence-corrected chi connectivity index (χ3v) is 5.51. The van der Waals surface area contributed by atoms with Gasteiger partial charge in [0.1, 0.15) is 5.76 Å². The average Bonchev–Trinajstić information content (AvgIpc) is 3.42. The van der Waals surface area contributed by atoms with Crippen molar-refractivity contribution in [3.63, 3.8) is 0 Å². The number of hydrogen-bond acceptors (Lipinski definition) is 5. The maximum Gasteiger partial charge on any atom is 0.340 e. The summed E-state index contributed by atoms with van der Waals surface area (Å²) in [6, 6.07) is 10.4. The van der Waals surface area contributed by atoms with Crippen LogP contribution in [-0.2, 0) is 16.1 Å². The summed E-state index contributed by atoms with van der Waals surface area (Å²) >= 11 is 0. The average molecular weight is 406 g/mol. The highest BCUT2D eigenvalue weighted by atomic mass is 16.5. The lowest BCUT2D eigenvalue weighted by Crippen LogP contribution is -2.15. The number of nitrogens with one attached hydrogen (secondary N) is 1. The molecule has 7 nitrogen and oxygen atoms in total. The Balaban J connectivity index is 1.44. The number of ketones is 1. The van der Waals surface area contributed by atoms with Crippen LogP contribution < -0.4 is 5.32 Å². The topological polar surface area (TPSA) is 90.5 Å². The molecular weight excluding hydrogens is 384 g/mol. The third kappa shape index (κ3) is 3.54. The van der Waals surface area contributed by atoms with Gasteiger partial charge in [-0.1, -0.05) is 0 Å². The summed E-state index contributed by atoms with van der Waals surface area (Å²) < 4.78 is 12.6. The molecule has 0 radical (unpaired) electrons. The molecule has 0 saturated heterocycles. The van der Waals surface area contributed by atoms with Gasteiger partial charge in [0.15, 0.2) is 12.4 Å². The van der Waals surface area contributed by atoms with E-state index in [2.05, 4.69) is 5.32 Å². The van der Waals surface area contributed by atoms with E-state index in [1.54, 1.807) is 37.5 Å². The minimum atomic E-state index is -0.548. The lowest BCUT2D eigenvalue weighted by molar-refractivity contribution is -0.116. The van der Waals surface area contributed by atoms with Crippen LogP contribution in [-0.4, -0.2) is 28.8 Å². The van der Waals surface area contributed by atoms with Crippen molar-refractivity contribution >= 4 is 23.3 Å². The van der Waals surface area contributed by atoms with E-state index < -0.39 is 5.97 Å². The molecule has 1 aliphatic rings. The fourth-order valence-electron chi connectivity index (χ4n) is 3.69. The molecule has 0 unspecified atom stereocenters. The number of fused-ring (bicyclic) bond motifs is 1. The molecule has 1 aliphatic heterocycles. The summed E-state index contributed by atoms with van der Waals surface area (Å²) in [4.78, 5) is 36.9. The summed E-state index contributed by atoms with van der Waals surface area (Å²) in [6.45, 7) is 5.67. The second-order valence-corrected chi connectivity index (χ2v) is 7.46. The molecule has 1 atom stereocenters. The predicted molar refractivity (Wildman–Crippen MR) is 110 cm³/mol. The molecule has 0 saturated carbocycles. The second-order valence-electron chi connectivity index (χ2n) is 7.46. The first-order chi connectivity index (χ1) is 14.3. The van der Waals surface area contributed by atoms with E-state index in [1.807, 2.05) is 30.5 Å². The number of benzene rings is 1. The molecule has 0 spiro atoms. The summed E-state index contributed by atoms with van der Waals surface area (Å²) in [6.07, 6.45) is 1.61. The smallest absolute Gasteiger partial charge is 0.340 e. The number of aromatic nitrogens is 1. The molecule has 0 bridgehead atoms. The molecule has 4 rings (SSSR count). The number of anilines is 1. The zero-order chi connectivity index (χ0) is 21.4. The quantitative estimate of drug-likeness (QED) is 0.496. The van der Waals surface area contributed by atoms with Crippen molar-refractivity contribution < 1.29 is 23.5 Å². The monoisotopic (exact) mass is 406 g/mol. The molecule has 154 valence electrons. The van der Waals surface area contributed by atoms with Crippen LogP contribution in [0.1, 0.15) is 56.3 Å². The number of aryl methyl sites for hydroxylation is 1. The Hall–Kier alpha value is -3.61. The maximum absolute atomic E-state index is 12.6. The van der Waals surface area contributed by atoms with Crippen molar-refractivity contribution in [2.45, 2.75) is 33.2 Å². The van der Waals surface area contributed by atoms with Crippen LogP contribution in [0.15, 0.2) is 47.1 Å². The van der Waals surface area contributed by atoms with Crippen molar-refractivity contribution in [2.24, 2.45) is 0 Å². The highest BCUT2D eigenvalue weighted by Gasteiger charge is 2.27. The fraction of sp³-hybridized carbons (Fsp3) is 0.261. The van der Waals surface area contributed by atoms with Crippen LogP contribution in [0.3, 0.4) is 0 Å². The van der Waals surface area contributed by atoms with E-state index >= 15 is 0 Å². The second kappa shape index (κ2) is 7.67. The van der Waals surface area contributed by atoms with Crippen LogP contribution in [0.4, 0.5) is 5.69 Å². The van der Waals surface area contributed by atoms with Crippen LogP contribution in [0, 0.1) is 13.8 Å². The van der Waals surface area contributed by atoms with Gasteiger partial charge in [0.05, 0.1) is 24.3 Å². The molecule has 1 N–H and O–H groups in total. The Morgan fingerprint density at radius 2 is 2.00 bits per heavy atom. The summed E-state index contributed by atoms with van der Waals surface area (Å²) in [5.74, 6) is -0.484. The van der Waals surface area contributed by atoms with Gasteiger partial charge in [0, 0.05) is 22.6 Å². The number of carbonyl (C=O) groups is 3. The van der Waals surface area contributed by atoms with Crippen molar-refractivity contribution in [1.29, 1.82) is 0 Å². The van der Waals surface area contributed by atoms with Crippen molar-refractivity contribution in [3.05, 3.63) is 76.5 Å². The van der Waals surface area contributed by atoms with E-state index in [1.165, 1.54) is 0 Å². The molecule has 3 aromatic rings. The number of amides is 1. The van der Waals surface area contributed by atoms with Gasteiger partial charge in [0.2, 0.25) is 5.91 Å². The van der Waals surface area contributed by atoms with E-state index in [0.717, 1.165) is 22.7 Å².